The van der Waals surface area contributed by atoms with E-state index in [9.17, 15) is 4.79 Å². The lowest BCUT2D eigenvalue weighted by Crippen LogP contribution is -2.49. The summed E-state index contributed by atoms with van der Waals surface area (Å²) in [5.74, 6) is 1.84. The molecule has 0 bridgehead atoms. The van der Waals surface area contributed by atoms with Gasteiger partial charge in [-0.2, -0.15) is 0 Å². The Morgan fingerprint density at radius 1 is 0.853 bits per heavy atom. The fourth-order valence-corrected chi connectivity index (χ4v) is 4.43. The summed E-state index contributed by atoms with van der Waals surface area (Å²) in [7, 11) is 0. The van der Waals surface area contributed by atoms with Gasteiger partial charge in [0.05, 0.1) is 18.7 Å². The van der Waals surface area contributed by atoms with Crippen LogP contribution < -0.4 is 9.64 Å². The Morgan fingerprint density at radius 3 is 2.35 bits per heavy atom. The molecule has 1 aliphatic rings. The van der Waals surface area contributed by atoms with Gasteiger partial charge in [-0.15, -0.1) is 10.2 Å². The van der Waals surface area contributed by atoms with Gasteiger partial charge in [-0.1, -0.05) is 54.6 Å². The Bertz CT molecular complexity index is 1260. The van der Waals surface area contributed by atoms with Crippen molar-refractivity contribution in [3.05, 3.63) is 84.4 Å². The highest BCUT2D eigenvalue weighted by molar-refractivity contribution is 5.95. The van der Waals surface area contributed by atoms with E-state index in [-0.39, 0.29) is 5.91 Å². The molecule has 0 unspecified atom stereocenters. The standard InChI is InChI=1S/C28H28N4O2/c1-2-34-23-12-10-21(11-13-23)20-28(33)32-18-16-31(17-19-32)27-15-14-26(29-30-27)25-9-5-7-22-6-3-4-8-24(22)25/h3-15H,2,16-20H2,1H3. The lowest BCUT2D eigenvalue weighted by atomic mass is 10.0. The number of fused-ring (bicyclic) bond motifs is 1. The van der Waals surface area contributed by atoms with Gasteiger partial charge >= 0.3 is 0 Å². The smallest absolute Gasteiger partial charge is 0.227 e. The van der Waals surface area contributed by atoms with Gasteiger partial charge in [-0.3, -0.25) is 4.79 Å². The van der Waals surface area contributed by atoms with Crippen molar-refractivity contribution in [1.82, 2.24) is 15.1 Å². The van der Waals surface area contributed by atoms with E-state index in [4.69, 9.17) is 4.74 Å². The average Bonchev–Trinajstić information content (AvgIpc) is 2.90. The molecule has 0 atom stereocenters. The lowest BCUT2D eigenvalue weighted by molar-refractivity contribution is -0.130. The first-order valence-corrected chi connectivity index (χ1v) is 11.8. The number of ether oxygens (including phenoxy) is 1. The number of carbonyl (C=O) groups is 1. The molecular formula is C28H28N4O2. The second-order valence-electron chi connectivity index (χ2n) is 8.43. The van der Waals surface area contributed by atoms with Crippen molar-refractivity contribution in [3.63, 3.8) is 0 Å². The second-order valence-corrected chi connectivity index (χ2v) is 8.43. The molecule has 1 aliphatic heterocycles. The maximum Gasteiger partial charge on any atom is 0.227 e. The SMILES string of the molecule is CCOc1ccc(CC(=O)N2CCN(c3ccc(-c4cccc5ccccc45)nn3)CC2)cc1. The Balaban J connectivity index is 1.20. The molecule has 6 nitrogen and oxygen atoms in total. The maximum absolute atomic E-state index is 12.8. The van der Waals surface area contributed by atoms with Crippen LogP contribution in [0.5, 0.6) is 5.75 Å². The molecule has 5 rings (SSSR count). The number of piperazine rings is 1. The fourth-order valence-electron chi connectivity index (χ4n) is 4.43. The highest BCUT2D eigenvalue weighted by Gasteiger charge is 2.22. The van der Waals surface area contributed by atoms with Crippen molar-refractivity contribution in [2.45, 2.75) is 13.3 Å². The molecule has 0 spiro atoms. The van der Waals surface area contributed by atoms with Gasteiger partial charge in [0.2, 0.25) is 5.91 Å². The Kier molecular flexibility index (Phi) is 6.38. The van der Waals surface area contributed by atoms with Crippen molar-refractivity contribution in [2.24, 2.45) is 0 Å². The zero-order valence-electron chi connectivity index (χ0n) is 19.4. The minimum absolute atomic E-state index is 0.154. The minimum Gasteiger partial charge on any atom is -0.494 e. The van der Waals surface area contributed by atoms with Crippen LogP contribution in [0.2, 0.25) is 0 Å². The highest BCUT2D eigenvalue weighted by atomic mass is 16.5. The van der Waals surface area contributed by atoms with E-state index in [1.165, 1.54) is 10.8 Å². The van der Waals surface area contributed by atoms with E-state index in [1.54, 1.807) is 0 Å². The summed E-state index contributed by atoms with van der Waals surface area (Å²) < 4.78 is 5.48. The zero-order chi connectivity index (χ0) is 23.3. The molecule has 1 aromatic heterocycles. The minimum atomic E-state index is 0.154. The third kappa shape index (κ3) is 4.71. The summed E-state index contributed by atoms with van der Waals surface area (Å²) in [6, 6.07) is 26.4. The van der Waals surface area contributed by atoms with Crippen molar-refractivity contribution in [3.8, 4) is 17.0 Å². The van der Waals surface area contributed by atoms with Gasteiger partial charge in [0.25, 0.3) is 0 Å². The van der Waals surface area contributed by atoms with Gasteiger partial charge in [0, 0.05) is 31.7 Å². The van der Waals surface area contributed by atoms with Gasteiger partial charge in [0.1, 0.15) is 5.75 Å². The molecule has 0 N–H and O–H groups in total. The number of hydrogen-bond donors (Lipinski definition) is 0. The molecule has 2 heterocycles. The van der Waals surface area contributed by atoms with Crippen LogP contribution in [0.4, 0.5) is 5.82 Å². The topological polar surface area (TPSA) is 58.6 Å². The number of hydrogen-bond acceptors (Lipinski definition) is 5. The van der Waals surface area contributed by atoms with Crippen LogP contribution in [0, 0.1) is 0 Å². The first-order chi connectivity index (χ1) is 16.7. The van der Waals surface area contributed by atoms with Crippen molar-refractivity contribution >= 4 is 22.5 Å². The third-order valence-corrected chi connectivity index (χ3v) is 6.26. The molecule has 3 aromatic carbocycles. The predicted octanol–water partition coefficient (Wildman–Crippen LogP) is 4.59. The van der Waals surface area contributed by atoms with Gasteiger partial charge in [0.15, 0.2) is 5.82 Å². The average molecular weight is 453 g/mol. The summed E-state index contributed by atoms with van der Waals surface area (Å²) in [5.41, 5.74) is 2.96. The first-order valence-electron chi connectivity index (χ1n) is 11.8. The fraction of sp³-hybridized carbons (Fsp3) is 0.250. The van der Waals surface area contributed by atoms with Crippen LogP contribution >= 0.6 is 0 Å². The van der Waals surface area contributed by atoms with E-state index in [0.717, 1.165) is 41.5 Å². The normalized spacial score (nSPS) is 13.8. The summed E-state index contributed by atoms with van der Waals surface area (Å²) in [6.07, 6.45) is 0.409. The van der Waals surface area contributed by atoms with E-state index in [1.807, 2.05) is 60.4 Å². The van der Waals surface area contributed by atoms with Gasteiger partial charge < -0.3 is 14.5 Å². The van der Waals surface area contributed by atoms with E-state index < -0.39 is 0 Å². The summed E-state index contributed by atoms with van der Waals surface area (Å²) >= 11 is 0. The molecule has 1 fully saturated rings. The number of carbonyl (C=O) groups excluding carboxylic acids is 1. The molecule has 0 radical (unpaired) electrons. The van der Waals surface area contributed by atoms with Crippen molar-refractivity contribution < 1.29 is 9.53 Å². The first kappa shape index (κ1) is 21.9. The summed E-state index contributed by atoms with van der Waals surface area (Å²) in [5, 5.41) is 11.4. The number of aromatic nitrogens is 2. The number of amides is 1. The Morgan fingerprint density at radius 2 is 1.62 bits per heavy atom. The molecular weight excluding hydrogens is 424 g/mol. The zero-order valence-corrected chi connectivity index (χ0v) is 19.4. The molecule has 0 saturated carbocycles. The van der Waals surface area contributed by atoms with Gasteiger partial charge in [-0.25, -0.2) is 0 Å². The number of nitrogens with zero attached hydrogens (tertiary/aromatic N) is 4. The number of rotatable bonds is 6. The van der Waals surface area contributed by atoms with Crippen LogP contribution in [-0.2, 0) is 11.2 Å². The van der Waals surface area contributed by atoms with Crippen LogP contribution in [0.3, 0.4) is 0 Å². The quantitative estimate of drug-likeness (QED) is 0.428. The largest absolute Gasteiger partial charge is 0.494 e. The monoisotopic (exact) mass is 452 g/mol. The molecule has 172 valence electrons. The number of benzene rings is 3. The van der Waals surface area contributed by atoms with Crippen molar-refractivity contribution in [2.75, 3.05) is 37.7 Å². The molecule has 1 amide bonds. The van der Waals surface area contributed by atoms with E-state index in [2.05, 4.69) is 45.4 Å². The van der Waals surface area contributed by atoms with Crippen LogP contribution in [0.15, 0.2) is 78.9 Å². The van der Waals surface area contributed by atoms with Crippen LogP contribution in [0.25, 0.3) is 22.0 Å². The van der Waals surface area contributed by atoms with E-state index >= 15 is 0 Å². The second kappa shape index (κ2) is 9.91. The molecule has 0 aliphatic carbocycles. The van der Waals surface area contributed by atoms with Crippen LogP contribution in [-0.4, -0.2) is 53.8 Å². The van der Waals surface area contributed by atoms with Crippen molar-refractivity contribution in [1.29, 1.82) is 0 Å². The maximum atomic E-state index is 12.8. The summed E-state index contributed by atoms with van der Waals surface area (Å²) in [4.78, 5) is 16.9. The lowest BCUT2D eigenvalue weighted by Gasteiger charge is -2.35. The molecule has 34 heavy (non-hydrogen) atoms. The molecule has 1 saturated heterocycles. The van der Waals surface area contributed by atoms with Gasteiger partial charge in [-0.05, 0) is 47.5 Å². The molecule has 6 heteroatoms. The third-order valence-electron chi connectivity index (χ3n) is 6.26. The predicted molar refractivity (Wildman–Crippen MR) is 135 cm³/mol. The number of anilines is 1. The molecule has 4 aromatic rings. The van der Waals surface area contributed by atoms with E-state index in [0.29, 0.717) is 26.1 Å². The Hall–Kier alpha value is -3.93. The Labute approximate surface area is 199 Å². The highest BCUT2D eigenvalue weighted by Crippen LogP contribution is 2.27. The van der Waals surface area contributed by atoms with Crippen LogP contribution in [0.1, 0.15) is 12.5 Å². The summed E-state index contributed by atoms with van der Waals surface area (Å²) in [6.45, 7) is 5.46.